The maximum Gasteiger partial charge on any atom is 0.357 e. The molecular weight excluding hydrogens is 464 g/mol. The first-order chi connectivity index (χ1) is 15.8. The molecule has 9 heteroatoms. The van der Waals surface area contributed by atoms with Crippen LogP contribution in [0, 0.1) is 18.6 Å². The number of nitrogens with zero attached hydrogens (tertiary/aromatic N) is 3. The Morgan fingerprint density at radius 3 is 2.33 bits per heavy atom. The van der Waals surface area contributed by atoms with Crippen LogP contribution in [0.25, 0.3) is 27.5 Å². The third-order valence-corrected chi connectivity index (χ3v) is 7.00. The van der Waals surface area contributed by atoms with Crippen LogP contribution in [0.2, 0.25) is 0 Å². The van der Waals surface area contributed by atoms with Gasteiger partial charge in [-0.1, -0.05) is 49.4 Å². The highest BCUT2D eigenvalue weighted by Gasteiger charge is 2.27. The molecule has 2 aromatic heterocycles. The number of hydrogen-bond acceptors (Lipinski definition) is 6. The third-order valence-electron chi connectivity index (χ3n) is 4.76. The smallest absolute Gasteiger partial charge is 0.357 e. The lowest BCUT2D eigenvalue weighted by Crippen LogP contribution is -2.11. The number of aryl methyl sites for hydroxylation is 1. The molecular formula is C24H21F2N3O2S2. The van der Waals surface area contributed by atoms with Gasteiger partial charge in [-0.3, -0.25) is 0 Å². The van der Waals surface area contributed by atoms with Crippen LogP contribution in [0.15, 0.2) is 52.7 Å². The number of hydrogen-bond donors (Lipinski definition) is 0. The molecule has 2 aromatic carbocycles. The number of aromatic nitrogens is 3. The van der Waals surface area contributed by atoms with E-state index in [1.165, 1.54) is 47.4 Å². The van der Waals surface area contributed by atoms with E-state index in [-0.39, 0.29) is 16.8 Å². The highest BCUT2D eigenvalue weighted by Crippen LogP contribution is 2.41. The summed E-state index contributed by atoms with van der Waals surface area (Å²) >= 11 is 2.95. The molecule has 0 spiro atoms. The molecule has 170 valence electrons. The van der Waals surface area contributed by atoms with Gasteiger partial charge in [0, 0.05) is 16.4 Å². The molecule has 0 unspecified atom stereocenters. The molecule has 0 aliphatic carbocycles. The minimum Gasteiger partial charge on any atom is -0.464 e. The van der Waals surface area contributed by atoms with Gasteiger partial charge < -0.3 is 4.74 Å². The van der Waals surface area contributed by atoms with Crippen LogP contribution < -0.4 is 0 Å². The highest BCUT2D eigenvalue weighted by molar-refractivity contribution is 8.01. The van der Waals surface area contributed by atoms with Crippen LogP contribution in [-0.4, -0.2) is 33.1 Å². The maximum absolute atomic E-state index is 13.9. The Labute approximate surface area is 198 Å². The van der Waals surface area contributed by atoms with Gasteiger partial charge in [0.2, 0.25) is 5.13 Å². The summed E-state index contributed by atoms with van der Waals surface area (Å²) in [4.78, 5) is 17.6. The fourth-order valence-electron chi connectivity index (χ4n) is 3.44. The molecule has 0 bridgehead atoms. The van der Waals surface area contributed by atoms with Crippen molar-refractivity contribution in [1.82, 2.24) is 14.8 Å². The first-order valence-electron chi connectivity index (χ1n) is 10.2. The Balaban J connectivity index is 1.94. The zero-order valence-corrected chi connectivity index (χ0v) is 20.1. The summed E-state index contributed by atoms with van der Waals surface area (Å²) in [6.45, 7) is 5.85. The number of thiazole rings is 1. The largest absolute Gasteiger partial charge is 0.464 e. The first-order valence-corrected chi connectivity index (χ1v) is 11.9. The van der Waals surface area contributed by atoms with Crippen LogP contribution in [-0.2, 0) is 4.74 Å². The highest BCUT2D eigenvalue weighted by atomic mass is 32.2. The number of methoxy groups -OCH3 is 1. The molecule has 4 rings (SSSR count). The van der Waals surface area contributed by atoms with Crippen molar-refractivity contribution in [2.75, 3.05) is 7.11 Å². The van der Waals surface area contributed by atoms with Crippen LogP contribution in [0.3, 0.4) is 0 Å². The molecule has 33 heavy (non-hydrogen) atoms. The lowest BCUT2D eigenvalue weighted by atomic mass is 10.0. The van der Waals surface area contributed by atoms with Gasteiger partial charge in [0.15, 0.2) is 5.69 Å². The Hall–Kier alpha value is -3.04. The lowest BCUT2D eigenvalue weighted by Gasteiger charge is -2.06. The fraction of sp³-hybridized carbons (Fsp3) is 0.208. The van der Waals surface area contributed by atoms with E-state index in [0.717, 1.165) is 4.21 Å². The standard InChI is InChI=1S/C24H21F2N3O2S2/c1-13(2)32-23-20(16-8-6-10-18(26)12-16)27-24(33-23)29-21(22(30)31-4)19(14(3)28-29)15-7-5-9-17(25)11-15/h5-13H,1-4H3. The number of esters is 1. The van der Waals surface area contributed by atoms with E-state index in [2.05, 4.69) is 18.9 Å². The minimum atomic E-state index is -0.615. The second-order valence-corrected chi connectivity index (χ2v) is 10.4. The topological polar surface area (TPSA) is 57.0 Å². The molecule has 0 fully saturated rings. The molecule has 0 radical (unpaired) electrons. The van der Waals surface area contributed by atoms with Gasteiger partial charge in [0.05, 0.1) is 22.7 Å². The number of benzene rings is 2. The van der Waals surface area contributed by atoms with Crippen molar-refractivity contribution in [1.29, 1.82) is 0 Å². The van der Waals surface area contributed by atoms with Crippen LogP contribution >= 0.6 is 23.1 Å². The van der Waals surface area contributed by atoms with Crippen molar-refractivity contribution >= 4 is 29.1 Å². The number of thioether (sulfide) groups is 1. The van der Waals surface area contributed by atoms with Crippen molar-refractivity contribution in [3.63, 3.8) is 0 Å². The fourth-order valence-corrected chi connectivity index (χ4v) is 5.92. The molecule has 0 saturated heterocycles. The van der Waals surface area contributed by atoms with Gasteiger partial charge in [-0.2, -0.15) is 9.78 Å². The van der Waals surface area contributed by atoms with Crippen molar-refractivity contribution in [3.8, 4) is 27.5 Å². The van der Waals surface area contributed by atoms with Gasteiger partial charge in [0.25, 0.3) is 0 Å². The van der Waals surface area contributed by atoms with E-state index in [1.54, 1.807) is 43.0 Å². The number of carbonyl (C=O) groups is 1. The third kappa shape index (κ3) is 4.69. The van der Waals surface area contributed by atoms with Gasteiger partial charge >= 0.3 is 5.97 Å². The van der Waals surface area contributed by atoms with Gasteiger partial charge in [-0.05, 0) is 36.8 Å². The Morgan fingerprint density at radius 2 is 1.73 bits per heavy atom. The van der Waals surface area contributed by atoms with Crippen LogP contribution in [0.1, 0.15) is 30.0 Å². The second kappa shape index (κ2) is 9.44. The summed E-state index contributed by atoms with van der Waals surface area (Å²) < 4.78 is 35.2. The van der Waals surface area contributed by atoms with Crippen LogP contribution in [0.4, 0.5) is 8.78 Å². The SMILES string of the molecule is COC(=O)c1c(-c2cccc(F)c2)c(C)nn1-c1nc(-c2cccc(F)c2)c(SC(C)C)s1. The molecule has 4 aromatic rings. The van der Waals surface area contributed by atoms with Crippen molar-refractivity contribution in [2.45, 2.75) is 30.2 Å². The summed E-state index contributed by atoms with van der Waals surface area (Å²) in [5, 5.41) is 5.25. The number of rotatable bonds is 6. The predicted octanol–water partition coefficient (Wildman–Crippen LogP) is 6.54. The van der Waals surface area contributed by atoms with E-state index in [0.29, 0.717) is 33.2 Å². The molecule has 0 aliphatic heterocycles. The van der Waals surface area contributed by atoms with E-state index < -0.39 is 11.8 Å². The zero-order valence-electron chi connectivity index (χ0n) is 18.4. The summed E-state index contributed by atoms with van der Waals surface area (Å²) in [6, 6.07) is 12.2. The zero-order chi connectivity index (χ0) is 23.7. The Kier molecular flexibility index (Phi) is 6.62. The molecule has 0 aliphatic rings. The van der Waals surface area contributed by atoms with Gasteiger partial charge in [-0.25, -0.2) is 18.6 Å². The van der Waals surface area contributed by atoms with E-state index >= 15 is 0 Å². The average Bonchev–Trinajstić information content (AvgIpc) is 3.33. The second-order valence-electron chi connectivity index (χ2n) is 7.53. The molecule has 0 atom stereocenters. The van der Waals surface area contributed by atoms with Gasteiger partial charge in [0.1, 0.15) is 11.6 Å². The summed E-state index contributed by atoms with van der Waals surface area (Å²) in [6.07, 6.45) is 0. The van der Waals surface area contributed by atoms with Gasteiger partial charge in [-0.15, -0.1) is 11.8 Å². The monoisotopic (exact) mass is 485 g/mol. The summed E-state index contributed by atoms with van der Waals surface area (Å²) in [7, 11) is 1.28. The average molecular weight is 486 g/mol. The molecule has 5 nitrogen and oxygen atoms in total. The normalized spacial score (nSPS) is 11.2. The predicted molar refractivity (Wildman–Crippen MR) is 127 cm³/mol. The van der Waals surface area contributed by atoms with E-state index in [1.807, 2.05) is 0 Å². The maximum atomic E-state index is 13.9. The number of halogens is 2. The van der Waals surface area contributed by atoms with Crippen molar-refractivity contribution < 1.29 is 18.3 Å². The quantitative estimate of drug-likeness (QED) is 0.229. The summed E-state index contributed by atoms with van der Waals surface area (Å²) in [5.41, 5.74) is 2.92. The molecule has 0 amide bonds. The van der Waals surface area contributed by atoms with Crippen molar-refractivity contribution in [3.05, 3.63) is 71.6 Å². The Bertz CT molecular complexity index is 1330. The molecule has 0 N–H and O–H groups in total. The summed E-state index contributed by atoms with van der Waals surface area (Å²) in [5.74, 6) is -1.40. The molecule has 0 saturated carbocycles. The molecule has 2 heterocycles. The first kappa shape index (κ1) is 23.1. The van der Waals surface area contributed by atoms with E-state index in [9.17, 15) is 13.6 Å². The van der Waals surface area contributed by atoms with E-state index in [4.69, 9.17) is 9.72 Å². The lowest BCUT2D eigenvalue weighted by molar-refractivity contribution is 0.0591. The van der Waals surface area contributed by atoms with Crippen LogP contribution in [0.5, 0.6) is 0 Å². The minimum absolute atomic E-state index is 0.154. The van der Waals surface area contributed by atoms with Crippen molar-refractivity contribution in [2.24, 2.45) is 0 Å². The Morgan fingerprint density at radius 1 is 1.09 bits per heavy atom. The number of carbonyl (C=O) groups excluding carboxylic acids is 1. The number of ether oxygens (including phenoxy) is 1.